The maximum absolute atomic E-state index is 10.8. The van der Waals surface area contributed by atoms with Crippen LogP contribution in [0.5, 0.6) is 11.5 Å². The SMILES string of the molecule is CC(C)c1cc(-c2nnc(SCc3ccccc3N)n2-c2ccc3c(ccn3C)c2)c(O)cc1O. The normalized spacial score (nSPS) is 11.5. The third-order valence-electron chi connectivity index (χ3n) is 6.18. The van der Waals surface area contributed by atoms with Crippen LogP contribution in [-0.4, -0.2) is 29.5 Å². The lowest BCUT2D eigenvalue weighted by atomic mass is 9.98. The van der Waals surface area contributed by atoms with E-state index >= 15 is 0 Å². The maximum Gasteiger partial charge on any atom is 0.196 e. The van der Waals surface area contributed by atoms with Crippen LogP contribution in [0.1, 0.15) is 30.9 Å². The topological polar surface area (TPSA) is 102 Å². The van der Waals surface area contributed by atoms with Gasteiger partial charge in [-0.25, -0.2) is 0 Å². The Labute approximate surface area is 207 Å². The van der Waals surface area contributed by atoms with Crippen molar-refractivity contribution in [1.29, 1.82) is 0 Å². The molecule has 5 aromatic rings. The minimum Gasteiger partial charge on any atom is -0.508 e. The summed E-state index contributed by atoms with van der Waals surface area (Å²) in [6.45, 7) is 3.99. The Morgan fingerprint density at radius 1 is 0.971 bits per heavy atom. The molecule has 0 spiro atoms. The standard InChI is InChI=1S/C27H27N5O2S/c1-16(2)20-13-21(25(34)14-24(20)33)26-29-30-27(35-15-18-6-4-5-7-22(18)28)32(26)19-8-9-23-17(12-19)10-11-31(23)3/h4-14,16,33-34H,15,28H2,1-3H3. The number of benzene rings is 3. The van der Waals surface area contributed by atoms with Crippen LogP contribution in [-0.2, 0) is 12.8 Å². The second kappa shape index (κ2) is 9.03. The molecule has 7 nitrogen and oxygen atoms in total. The number of anilines is 1. The number of nitrogens with two attached hydrogens (primary N) is 1. The summed E-state index contributed by atoms with van der Waals surface area (Å²) in [5, 5.41) is 31.9. The molecule has 8 heteroatoms. The molecule has 0 saturated carbocycles. The van der Waals surface area contributed by atoms with Gasteiger partial charge in [0.2, 0.25) is 0 Å². The van der Waals surface area contributed by atoms with Gasteiger partial charge in [-0.05, 0) is 53.4 Å². The van der Waals surface area contributed by atoms with Crippen molar-refractivity contribution >= 4 is 28.4 Å². The maximum atomic E-state index is 10.8. The molecule has 0 radical (unpaired) electrons. The molecule has 2 heterocycles. The first-order chi connectivity index (χ1) is 16.8. The monoisotopic (exact) mass is 485 g/mol. The van der Waals surface area contributed by atoms with Crippen LogP contribution in [0.2, 0.25) is 0 Å². The van der Waals surface area contributed by atoms with Gasteiger partial charge in [0.25, 0.3) is 0 Å². The van der Waals surface area contributed by atoms with Gasteiger partial charge in [-0.3, -0.25) is 4.57 Å². The molecule has 35 heavy (non-hydrogen) atoms. The van der Waals surface area contributed by atoms with E-state index in [1.807, 2.05) is 62.0 Å². The highest BCUT2D eigenvalue weighted by Gasteiger charge is 2.22. The van der Waals surface area contributed by atoms with Crippen molar-refractivity contribution in [3.8, 4) is 28.6 Å². The number of nitrogen functional groups attached to an aromatic ring is 1. The predicted molar refractivity (Wildman–Crippen MR) is 141 cm³/mol. The van der Waals surface area contributed by atoms with Gasteiger partial charge in [-0.2, -0.15) is 0 Å². The summed E-state index contributed by atoms with van der Waals surface area (Å²) < 4.78 is 4.02. The fraction of sp³-hybridized carbons (Fsp3) is 0.185. The first kappa shape index (κ1) is 22.9. The van der Waals surface area contributed by atoms with E-state index in [2.05, 4.69) is 33.0 Å². The van der Waals surface area contributed by atoms with Gasteiger partial charge in [0.1, 0.15) is 11.5 Å². The number of fused-ring (bicyclic) bond motifs is 1. The second-order valence-electron chi connectivity index (χ2n) is 8.88. The largest absolute Gasteiger partial charge is 0.508 e. The molecule has 178 valence electrons. The minimum absolute atomic E-state index is 0.0507. The Balaban J connectivity index is 1.66. The molecule has 0 amide bonds. The Bertz CT molecular complexity index is 1540. The number of aromatic nitrogens is 4. The van der Waals surface area contributed by atoms with Crippen LogP contribution in [0.25, 0.3) is 28.0 Å². The van der Waals surface area contributed by atoms with Gasteiger partial charge in [0.05, 0.1) is 11.3 Å². The number of phenols is 2. The van der Waals surface area contributed by atoms with Crippen LogP contribution in [0.3, 0.4) is 0 Å². The summed E-state index contributed by atoms with van der Waals surface area (Å²) >= 11 is 1.53. The molecule has 0 aliphatic heterocycles. The molecule has 4 N–H and O–H groups in total. The highest BCUT2D eigenvalue weighted by Crippen LogP contribution is 2.39. The van der Waals surface area contributed by atoms with Gasteiger partial charge >= 0.3 is 0 Å². The van der Waals surface area contributed by atoms with Gasteiger partial charge in [0, 0.05) is 41.7 Å². The molecular formula is C27H27N5O2S. The zero-order chi connectivity index (χ0) is 24.7. The molecule has 0 aliphatic carbocycles. The number of aryl methyl sites for hydroxylation is 1. The second-order valence-corrected chi connectivity index (χ2v) is 9.82. The van der Waals surface area contributed by atoms with Crippen molar-refractivity contribution in [2.45, 2.75) is 30.7 Å². The van der Waals surface area contributed by atoms with E-state index in [4.69, 9.17) is 5.73 Å². The minimum atomic E-state index is -0.0507. The number of rotatable bonds is 6. The van der Waals surface area contributed by atoms with Gasteiger partial charge in [-0.1, -0.05) is 43.8 Å². The molecule has 0 atom stereocenters. The van der Waals surface area contributed by atoms with Crippen molar-refractivity contribution in [1.82, 2.24) is 19.3 Å². The van der Waals surface area contributed by atoms with E-state index in [1.54, 1.807) is 6.07 Å². The lowest BCUT2D eigenvalue weighted by molar-refractivity contribution is 0.444. The Morgan fingerprint density at radius 2 is 1.77 bits per heavy atom. The number of hydrogen-bond acceptors (Lipinski definition) is 6. The predicted octanol–water partition coefficient (Wildman–Crippen LogP) is 5.84. The van der Waals surface area contributed by atoms with Gasteiger partial charge < -0.3 is 20.5 Å². The first-order valence-corrected chi connectivity index (χ1v) is 12.4. The number of nitrogens with zero attached hydrogens (tertiary/aromatic N) is 4. The third-order valence-corrected chi connectivity index (χ3v) is 7.16. The average molecular weight is 486 g/mol. The van der Waals surface area contributed by atoms with E-state index in [9.17, 15) is 10.2 Å². The van der Waals surface area contributed by atoms with Crippen LogP contribution < -0.4 is 5.73 Å². The number of thioether (sulfide) groups is 1. The lowest BCUT2D eigenvalue weighted by Crippen LogP contribution is -2.01. The average Bonchev–Trinajstić information content (AvgIpc) is 3.41. The van der Waals surface area contributed by atoms with E-state index in [1.165, 1.54) is 17.8 Å². The van der Waals surface area contributed by atoms with Gasteiger partial charge in [-0.15, -0.1) is 10.2 Å². The molecule has 2 aromatic heterocycles. The summed E-state index contributed by atoms with van der Waals surface area (Å²) in [7, 11) is 2.01. The van der Waals surface area contributed by atoms with Crippen LogP contribution in [0.15, 0.2) is 72.0 Å². The van der Waals surface area contributed by atoms with Gasteiger partial charge in [0.15, 0.2) is 11.0 Å². The van der Waals surface area contributed by atoms with Crippen LogP contribution in [0, 0.1) is 0 Å². The van der Waals surface area contributed by atoms with Crippen molar-refractivity contribution in [2.24, 2.45) is 7.05 Å². The van der Waals surface area contributed by atoms with E-state index in [-0.39, 0.29) is 17.4 Å². The third kappa shape index (κ3) is 4.21. The van der Waals surface area contributed by atoms with Crippen molar-refractivity contribution in [3.05, 3.63) is 78.0 Å². The Morgan fingerprint density at radius 3 is 2.54 bits per heavy atom. The quantitative estimate of drug-likeness (QED) is 0.206. The number of hydrogen-bond donors (Lipinski definition) is 3. The number of para-hydroxylation sites is 1. The molecule has 3 aromatic carbocycles. The van der Waals surface area contributed by atoms with E-state index in [0.717, 1.165) is 33.4 Å². The summed E-state index contributed by atoms with van der Waals surface area (Å²) in [6.07, 6.45) is 2.02. The summed E-state index contributed by atoms with van der Waals surface area (Å²) in [4.78, 5) is 0. The van der Waals surface area contributed by atoms with Crippen LogP contribution in [0.4, 0.5) is 5.69 Å². The molecule has 0 unspecified atom stereocenters. The first-order valence-electron chi connectivity index (χ1n) is 11.4. The van der Waals surface area contributed by atoms with Crippen LogP contribution >= 0.6 is 11.8 Å². The van der Waals surface area contributed by atoms with E-state index in [0.29, 0.717) is 22.3 Å². The zero-order valence-electron chi connectivity index (χ0n) is 19.8. The molecule has 0 aliphatic rings. The number of phenolic OH excluding ortho intramolecular Hbond substituents is 2. The molecule has 5 rings (SSSR count). The highest BCUT2D eigenvalue weighted by atomic mass is 32.2. The molecule has 0 fully saturated rings. The Hall–Kier alpha value is -3.91. The summed E-state index contributed by atoms with van der Waals surface area (Å²) in [5.41, 5.74) is 11.1. The van der Waals surface area contributed by atoms with E-state index < -0.39 is 0 Å². The van der Waals surface area contributed by atoms with Crippen molar-refractivity contribution in [2.75, 3.05) is 5.73 Å². The highest BCUT2D eigenvalue weighted by molar-refractivity contribution is 7.98. The van der Waals surface area contributed by atoms with Crippen molar-refractivity contribution in [3.63, 3.8) is 0 Å². The molecule has 0 saturated heterocycles. The summed E-state index contributed by atoms with van der Waals surface area (Å²) in [6, 6.07) is 19.2. The van der Waals surface area contributed by atoms with Crippen molar-refractivity contribution < 1.29 is 10.2 Å². The lowest BCUT2D eigenvalue weighted by Gasteiger charge is -2.15. The summed E-state index contributed by atoms with van der Waals surface area (Å²) in [5.74, 6) is 1.21. The molecular weight excluding hydrogens is 458 g/mol. The molecule has 0 bridgehead atoms. The fourth-order valence-electron chi connectivity index (χ4n) is 4.22. The fourth-order valence-corrected chi connectivity index (χ4v) is 5.19. The smallest absolute Gasteiger partial charge is 0.196 e. The Kier molecular flexibility index (Phi) is 5.90. The zero-order valence-corrected chi connectivity index (χ0v) is 20.6. The number of aromatic hydroxyl groups is 2.